The van der Waals surface area contributed by atoms with E-state index in [1.54, 1.807) is 0 Å². The Bertz CT molecular complexity index is 983. The molecule has 2 atom stereocenters. The van der Waals surface area contributed by atoms with E-state index in [4.69, 9.17) is 4.74 Å². The van der Waals surface area contributed by atoms with Crippen LogP contribution in [0.1, 0.15) is 61.9 Å². The molecule has 1 aliphatic heterocycles. The molecular formula is C24H26N2O5. The number of esters is 1. The van der Waals surface area contributed by atoms with Crippen LogP contribution in [0.4, 0.5) is 11.4 Å². The first-order valence-electron chi connectivity index (χ1n) is 10.4. The number of nitrogens with zero attached hydrogens (tertiary/aromatic N) is 1. The highest BCUT2D eigenvalue weighted by molar-refractivity contribution is 6.19. The molecule has 1 N–H and O–H groups in total. The Morgan fingerprint density at radius 3 is 2.23 bits per heavy atom. The average molecular weight is 422 g/mol. The molecule has 3 rings (SSSR count). The predicted molar refractivity (Wildman–Crippen MR) is 117 cm³/mol. The summed E-state index contributed by atoms with van der Waals surface area (Å²) in [6, 6.07) is 13.5. The van der Waals surface area contributed by atoms with Gasteiger partial charge in [0.2, 0.25) is 11.8 Å². The van der Waals surface area contributed by atoms with Crippen LogP contribution in [0.25, 0.3) is 0 Å². The van der Waals surface area contributed by atoms with E-state index in [9.17, 15) is 19.2 Å². The summed E-state index contributed by atoms with van der Waals surface area (Å²) in [4.78, 5) is 49.8. The quantitative estimate of drug-likeness (QED) is 0.537. The van der Waals surface area contributed by atoms with Gasteiger partial charge in [-0.05, 0) is 55.2 Å². The Hall–Kier alpha value is -3.48. The van der Waals surface area contributed by atoms with Crippen molar-refractivity contribution in [3.8, 4) is 0 Å². The summed E-state index contributed by atoms with van der Waals surface area (Å²) in [5, 5.41) is 2.84. The van der Waals surface area contributed by atoms with Crippen molar-refractivity contribution in [1.82, 2.24) is 0 Å². The first-order chi connectivity index (χ1) is 14.8. The zero-order chi connectivity index (χ0) is 22.5. The Labute approximate surface area is 181 Å². The third kappa shape index (κ3) is 4.99. The van der Waals surface area contributed by atoms with Crippen LogP contribution in [0.15, 0.2) is 48.5 Å². The molecule has 1 heterocycles. The van der Waals surface area contributed by atoms with Gasteiger partial charge in [-0.25, -0.2) is 4.79 Å². The number of anilines is 2. The molecule has 0 aliphatic carbocycles. The van der Waals surface area contributed by atoms with Crippen molar-refractivity contribution in [2.24, 2.45) is 0 Å². The minimum atomic E-state index is -1.00. The minimum Gasteiger partial charge on any atom is -0.449 e. The first-order valence-corrected chi connectivity index (χ1v) is 10.4. The molecule has 162 valence electrons. The summed E-state index contributed by atoms with van der Waals surface area (Å²) in [5.74, 6) is -1.33. The lowest BCUT2D eigenvalue weighted by Gasteiger charge is -2.18. The van der Waals surface area contributed by atoms with E-state index in [2.05, 4.69) is 19.2 Å². The SMILES string of the molecule is CC[C@@H](C)c1ccccc1NC(=O)[C@@H](C)OC(=O)c1ccc(N2C(=O)CCC2=O)cc1. The van der Waals surface area contributed by atoms with E-state index in [0.29, 0.717) is 11.4 Å². The van der Waals surface area contributed by atoms with Crippen molar-refractivity contribution in [1.29, 1.82) is 0 Å². The second-order valence-electron chi connectivity index (χ2n) is 7.60. The summed E-state index contributed by atoms with van der Waals surface area (Å²) >= 11 is 0. The highest BCUT2D eigenvalue weighted by Crippen LogP contribution is 2.27. The number of hydrogen-bond acceptors (Lipinski definition) is 5. The molecule has 3 amide bonds. The minimum absolute atomic E-state index is 0.190. The van der Waals surface area contributed by atoms with Crippen LogP contribution in [-0.2, 0) is 19.1 Å². The molecule has 1 saturated heterocycles. The first kappa shape index (κ1) is 22.2. The Balaban J connectivity index is 1.63. The fourth-order valence-corrected chi connectivity index (χ4v) is 3.39. The molecule has 0 unspecified atom stereocenters. The van der Waals surface area contributed by atoms with E-state index in [-0.39, 0.29) is 36.1 Å². The van der Waals surface area contributed by atoms with Crippen molar-refractivity contribution in [2.75, 3.05) is 10.2 Å². The maximum Gasteiger partial charge on any atom is 0.338 e. The molecule has 7 nitrogen and oxygen atoms in total. The number of carbonyl (C=O) groups is 4. The van der Waals surface area contributed by atoms with Crippen molar-refractivity contribution >= 4 is 35.1 Å². The van der Waals surface area contributed by atoms with Crippen LogP contribution >= 0.6 is 0 Å². The van der Waals surface area contributed by atoms with Gasteiger partial charge in [-0.15, -0.1) is 0 Å². The summed E-state index contributed by atoms with van der Waals surface area (Å²) in [7, 11) is 0. The zero-order valence-electron chi connectivity index (χ0n) is 17.9. The number of carbonyl (C=O) groups excluding carboxylic acids is 4. The summed E-state index contributed by atoms with van der Waals surface area (Å²) in [5.41, 5.74) is 2.37. The normalized spacial score (nSPS) is 15.5. The molecule has 0 saturated carbocycles. The lowest BCUT2D eigenvalue weighted by Crippen LogP contribution is -2.30. The molecule has 0 bridgehead atoms. The maximum absolute atomic E-state index is 12.6. The second-order valence-corrected chi connectivity index (χ2v) is 7.60. The van der Waals surface area contributed by atoms with Crippen LogP contribution in [0.3, 0.4) is 0 Å². The monoisotopic (exact) mass is 422 g/mol. The van der Waals surface area contributed by atoms with Gasteiger partial charge < -0.3 is 10.1 Å². The third-order valence-electron chi connectivity index (χ3n) is 5.43. The number of amides is 3. The number of imide groups is 1. The summed E-state index contributed by atoms with van der Waals surface area (Å²) in [6.07, 6.45) is 0.311. The van der Waals surface area contributed by atoms with E-state index in [1.165, 1.54) is 31.2 Å². The van der Waals surface area contributed by atoms with Gasteiger partial charge in [0.25, 0.3) is 5.91 Å². The number of benzene rings is 2. The summed E-state index contributed by atoms with van der Waals surface area (Å²) < 4.78 is 5.31. The van der Waals surface area contributed by atoms with Gasteiger partial charge in [0, 0.05) is 18.5 Å². The van der Waals surface area contributed by atoms with Gasteiger partial charge in [0.15, 0.2) is 6.10 Å². The van der Waals surface area contributed by atoms with Crippen molar-refractivity contribution in [3.05, 3.63) is 59.7 Å². The van der Waals surface area contributed by atoms with E-state index in [0.717, 1.165) is 16.9 Å². The van der Waals surface area contributed by atoms with Gasteiger partial charge in [-0.1, -0.05) is 32.0 Å². The molecule has 0 aromatic heterocycles. The molecule has 2 aromatic carbocycles. The Kier molecular flexibility index (Phi) is 6.84. The second kappa shape index (κ2) is 9.55. The molecule has 0 radical (unpaired) electrons. The molecule has 7 heteroatoms. The molecule has 31 heavy (non-hydrogen) atoms. The average Bonchev–Trinajstić information content (AvgIpc) is 3.11. The van der Waals surface area contributed by atoms with Crippen molar-refractivity contribution < 1.29 is 23.9 Å². The largest absolute Gasteiger partial charge is 0.449 e. The zero-order valence-corrected chi connectivity index (χ0v) is 17.9. The topological polar surface area (TPSA) is 92.8 Å². The Morgan fingerprint density at radius 1 is 1.00 bits per heavy atom. The number of nitrogens with one attached hydrogen (secondary N) is 1. The molecule has 1 fully saturated rings. The number of ether oxygens (including phenoxy) is 1. The van der Waals surface area contributed by atoms with Gasteiger partial charge in [0.1, 0.15) is 0 Å². The van der Waals surface area contributed by atoms with Gasteiger partial charge in [-0.3, -0.25) is 19.3 Å². The molecule has 2 aromatic rings. The van der Waals surface area contributed by atoms with Crippen LogP contribution < -0.4 is 10.2 Å². The van der Waals surface area contributed by atoms with Crippen molar-refractivity contribution in [2.45, 2.75) is 52.1 Å². The number of para-hydroxylation sites is 1. The van der Waals surface area contributed by atoms with Crippen LogP contribution in [0.2, 0.25) is 0 Å². The molecular weight excluding hydrogens is 396 g/mol. The van der Waals surface area contributed by atoms with Crippen LogP contribution in [0, 0.1) is 0 Å². The molecule has 1 aliphatic rings. The van der Waals surface area contributed by atoms with Crippen LogP contribution in [-0.4, -0.2) is 29.8 Å². The Morgan fingerprint density at radius 2 is 1.61 bits per heavy atom. The van der Waals surface area contributed by atoms with E-state index < -0.39 is 18.0 Å². The lowest BCUT2D eigenvalue weighted by atomic mass is 9.97. The standard InChI is InChI=1S/C24H26N2O5/c1-4-15(2)19-7-5-6-8-20(19)25-23(29)16(3)31-24(30)17-9-11-18(12-10-17)26-21(27)13-14-22(26)28/h5-12,15-16H,4,13-14H2,1-3H3,(H,25,29)/t15-,16-/m1/s1. The highest BCUT2D eigenvalue weighted by Gasteiger charge is 2.30. The fourth-order valence-electron chi connectivity index (χ4n) is 3.39. The summed E-state index contributed by atoms with van der Waals surface area (Å²) in [6.45, 7) is 5.67. The smallest absolute Gasteiger partial charge is 0.338 e. The number of rotatable bonds is 7. The van der Waals surface area contributed by atoms with Crippen molar-refractivity contribution in [3.63, 3.8) is 0 Å². The van der Waals surface area contributed by atoms with E-state index >= 15 is 0 Å². The predicted octanol–water partition coefficient (Wildman–Crippen LogP) is 4.04. The third-order valence-corrected chi connectivity index (χ3v) is 5.43. The molecule has 0 spiro atoms. The van der Waals surface area contributed by atoms with E-state index in [1.807, 2.05) is 24.3 Å². The maximum atomic E-state index is 12.6. The van der Waals surface area contributed by atoms with Gasteiger partial charge in [-0.2, -0.15) is 0 Å². The number of hydrogen-bond donors (Lipinski definition) is 1. The highest BCUT2D eigenvalue weighted by atomic mass is 16.5. The fraction of sp³-hybridized carbons (Fsp3) is 0.333. The van der Waals surface area contributed by atoms with Crippen LogP contribution in [0.5, 0.6) is 0 Å². The van der Waals surface area contributed by atoms with Gasteiger partial charge in [0.05, 0.1) is 11.3 Å². The van der Waals surface area contributed by atoms with Gasteiger partial charge >= 0.3 is 5.97 Å². The lowest BCUT2D eigenvalue weighted by molar-refractivity contribution is -0.124.